The van der Waals surface area contributed by atoms with Gasteiger partial charge in [0.2, 0.25) is 5.43 Å². The predicted molar refractivity (Wildman–Crippen MR) is 90.6 cm³/mol. The van der Waals surface area contributed by atoms with E-state index in [1.807, 2.05) is 0 Å². The molecule has 1 atom stereocenters. The Balaban J connectivity index is 2.34. The average Bonchev–Trinajstić information content (AvgIpc) is 2.69. The minimum Gasteiger partial charge on any atom is -0.477 e. The molecule has 3 N–H and O–H groups in total. The third-order valence-corrected chi connectivity index (χ3v) is 4.12. The van der Waals surface area contributed by atoms with Gasteiger partial charge in [-0.05, 0) is 5.56 Å². The van der Waals surface area contributed by atoms with E-state index < -0.39 is 63.8 Å². The van der Waals surface area contributed by atoms with Crippen molar-refractivity contribution in [3.8, 4) is 0 Å². The minimum absolute atomic E-state index is 0.470. The highest BCUT2D eigenvalue weighted by Crippen LogP contribution is 2.26. The third kappa shape index (κ3) is 3.07. The van der Waals surface area contributed by atoms with E-state index in [1.165, 1.54) is 0 Å². The summed E-state index contributed by atoms with van der Waals surface area (Å²) in [5.41, 5.74) is -0.587. The molecule has 146 valence electrons. The summed E-state index contributed by atoms with van der Waals surface area (Å²) < 4.78 is 56.5. The number of hydrogen-bond donors (Lipinski definition) is 3. The molecule has 10 heteroatoms. The second-order valence-corrected chi connectivity index (χ2v) is 5.80. The van der Waals surface area contributed by atoms with Gasteiger partial charge in [0.25, 0.3) is 0 Å². The molecule has 0 spiro atoms. The van der Waals surface area contributed by atoms with Gasteiger partial charge in [0.05, 0.1) is 18.0 Å². The van der Waals surface area contributed by atoms with Crippen molar-refractivity contribution in [3.05, 3.63) is 81.1 Å². The van der Waals surface area contributed by atoms with Crippen molar-refractivity contribution in [1.29, 1.82) is 0 Å². The smallest absolute Gasteiger partial charge is 0.341 e. The predicted octanol–water partition coefficient (Wildman–Crippen LogP) is 2.53. The van der Waals surface area contributed by atoms with Crippen molar-refractivity contribution in [2.45, 2.75) is 6.04 Å². The first-order chi connectivity index (χ1) is 13.3. The van der Waals surface area contributed by atoms with Crippen LogP contribution in [0.3, 0.4) is 0 Å². The van der Waals surface area contributed by atoms with Crippen LogP contribution in [0.15, 0.2) is 41.3 Å². The number of carboxylic acids is 1. The van der Waals surface area contributed by atoms with Gasteiger partial charge in [-0.3, -0.25) is 9.47 Å². The number of aliphatic hydroxyl groups is 1. The lowest BCUT2D eigenvalue weighted by Crippen LogP contribution is -2.29. The Kier molecular flexibility index (Phi) is 5.06. The Labute approximate surface area is 154 Å². The molecule has 3 rings (SSSR count). The van der Waals surface area contributed by atoms with Gasteiger partial charge in [0.15, 0.2) is 23.3 Å². The number of halogens is 4. The first-order valence-electron chi connectivity index (χ1n) is 7.84. The maximum atomic E-state index is 14.4. The van der Waals surface area contributed by atoms with Crippen LogP contribution in [-0.4, -0.2) is 27.5 Å². The van der Waals surface area contributed by atoms with Crippen LogP contribution < -0.4 is 10.9 Å². The molecule has 0 bridgehead atoms. The second kappa shape index (κ2) is 7.31. The average molecular weight is 396 g/mol. The van der Waals surface area contributed by atoms with E-state index in [1.54, 1.807) is 30.3 Å². The van der Waals surface area contributed by atoms with Gasteiger partial charge in [0.1, 0.15) is 11.1 Å². The van der Waals surface area contributed by atoms with Crippen LogP contribution in [0.1, 0.15) is 22.0 Å². The minimum atomic E-state index is -2.24. The summed E-state index contributed by atoms with van der Waals surface area (Å²) in [4.78, 5) is 23.5. The summed E-state index contributed by atoms with van der Waals surface area (Å²) in [7, 11) is 0. The number of fused-ring (bicyclic) bond motifs is 1. The molecule has 0 fully saturated rings. The SMILES string of the molecule is O=C(O)c1cn(N[C@@H](CO)c2ccccc2)c2c(F)c(F)c(F)c(F)c2c1=O. The number of benzene rings is 2. The fraction of sp³-hybridized carbons (Fsp3) is 0.111. The molecule has 0 amide bonds. The summed E-state index contributed by atoms with van der Waals surface area (Å²) >= 11 is 0. The molecule has 0 saturated carbocycles. The number of nitrogens with zero attached hydrogens (tertiary/aromatic N) is 1. The van der Waals surface area contributed by atoms with Crippen LogP contribution in [-0.2, 0) is 0 Å². The van der Waals surface area contributed by atoms with Crippen molar-refractivity contribution in [2.75, 3.05) is 12.0 Å². The highest BCUT2D eigenvalue weighted by molar-refractivity contribution is 5.93. The molecule has 0 aliphatic heterocycles. The molecule has 0 unspecified atom stereocenters. The monoisotopic (exact) mass is 396 g/mol. The van der Waals surface area contributed by atoms with E-state index in [-0.39, 0.29) is 0 Å². The van der Waals surface area contributed by atoms with Gasteiger partial charge in [-0.1, -0.05) is 30.3 Å². The zero-order valence-corrected chi connectivity index (χ0v) is 13.9. The van der Waals surface area contributed by atoms with E-state index >= 15 is 0 Å². The Morgan fingerprint density at radius 2 is 1.64 bits per heavy atom. The zero-order valence-electron chi connectivity index (χ0n) is 13.9. The van der Waals surface area contributed by atoms with Gasteiger partial charge < -0.3 is 15.6 Å². The zero-order chi connectivity index (χ0) is 20.6. The summed E-state index contributed by atoms with van der Waals surface area (Å²) in [6.07, 6.45) is 0.610. The van der Waals surface area contributed by atoms with Gasteiger partial charge in [-0.15, -0.1) is 0 Å². The standard InChI is InChI=1S/C18H12F4N2O4/c19-12-11-16(15(22)14(21)13(12)20)24(6-9(17(11)26)18(27)28)23-10(7-25)8-4-2-1-3-5-8/h1-6,10,23,25H,7H2,(H,27,28)/t10-/m0/s1. The maximum absolute atomic E-state index is 14.4. The van der Waals surface area contributed by atoms with Gasteiger partial charge >= 0.3 is 5.97 Å². The lowest BCUT2D eigenvalue weighted by atomic mass is 10.1. The lowest BCUT2D eigenvalue weighted by molar-refractivity contribution is 0.0695. The summed E-state index contributed by atoms with van der Waals surface area (Å²) in [5, 5.41) is 17.5. The number of carbonyl (C=O) groups is 1. The second-order valence-electron chi connectivity index (χ2n) is 5.80. The molecule has 0 aliphatic carbocycles. The number of nitrogens with one attached hydrogen (secondary N) is 1. The Hall–Kier alpha value is -3.40. The number of hydrogen-bond acceptors (Lipinski definition) is 4. The van der Waals surface area contributed by atoms with E-state index in [2.05, 4.69) is 5.43 Å². The Bertz CT molecular complexity index is 1130. The largest absolute Gasteiger partial charge is 0.477 e. The highest BCUT2D eigenvalue weighted by atomic mass is 19.2. The number of rotatable bonds is 5. The van der Waals surface area contributed by atoms with Gasteiger partial charge in [-0.25, -0.2) is 22.4 Å². The maximum Gasteiger partial charge on any atom is 0.341 e. The van der Waals surface area contributed by atoms with E-state index in [9.17, 15) is 32.3 Å². The van der Waals surface area contributed by atoms with Gasteiger partial charge in [0, 0.05) is 6.20 Å². The van der Waals surface area contributed by atoms with Crippen LogP contribution in [0.2, 0.25) is 0 Å². The first-order valence-corrected chi connectivity index (χ1v) is 7.84. The van der Waals surface area contributed by atoms with Crippen molar-refractivity contribution in [3.63, 3.8) is 0 Å². The van der Waals surface area contributed by atoms with Crippen molar-refractivity contribution in [1.82, 2.24) is 4.68 Å². The van der Waals surface area contributed by atoms with E-state index in [0.717, 1.165) is 0 Å². The van der Waals surface area contributed by atoms with Crippen LogP contribution in [0.25, 0.3) is 10.9 Å². The van der Waals surface area contributed by atoms with Crippen LogP contribution in [0.4, 0.5) is 17.6 Å². The Morgan fingerprint density at radius 1 is 1.04 bits per heavy atom. The number of aliphatic hydroxyl groups excluding tert-OH is 1. The topological polar surface area (TPSA) is 91.6 Å². The van der Waals surface area contributed by atoms with E-state index in [4.69, 9.17) is 5.11 Å². The van der Waals surface area contributed by atoms with Crippen molar-refractivity contribution in [2.24, 2.45) is 0 Å². The van der Waals surface area contributed by atoms with Crippen molar-refractivity contribution >= 4 is 16.9 Å². The highest BCUT2D eigenvalue weighted by Gasteiger charge is 2.28. The number of carboxylic acid groups (broad SMARTS) is 1. The number of pyridine rings is 1. The van der Waals surface area contributed by atoms with Gasteiger partial charge in [-0.2, -0.15) is 0 Å². The fourth-order valence-corrected chi connectivity index (χ4v) is 2.77. The molecule has 0 aliphatic rings. The Morgan fingerprint density at radius 3 is 2.21 bits per heavy atom. The van der Waals surface area contributed by atoms with Crippen molar-refractivity contribution < 1.29 is 32.6 Å². The molecule has 3 aromatic rings. The molecule has 1 aromatic heterocycles. The first kappa shape index (κ1) is 19.4. The summed E-state index contributed by atoms with van der Waals surface area (Å²) in [5.74, 6) is -10.1. The van der Waals surface area contributed by atoms with Crippen LogP contribution in [0.5, 0.6) is 0 Å². The summed E-state index contributed by atoms with van der Waals surface area (Å²) in [6.45, 7) is -0.576. The normalized spacial score (nSPS) is 12.2. The lowest BCUT2D eigenvalue weighted by Gasteiger charge is -2.22. The fourth-order valence-electron chi connectivity index (χ4n) is 2.77. The molecule has 28 heavy (non-hydrogen) atoms. The quantitative estimate of drug-likeness (QED) is 0.350. The summed E-state index contributed by atoms with van der Waals surface area (Å²) in [6, 6.07) is 7.12. The molecule has 2 aromatic carbocycles. The van der Waals surface area contributed by atoms with E-state index in [0.29, 0.717) is 16.4 Å². The number of aromatic carboxylic acids is 1. The molecular weight excluding hydrogens is 384 g/mol. The molecule has 1 heterocycles. The third-order valence-electron chi connectivity index (χ3n) is 4.12. The molecule has 0 saturated heterocycles. The van der Waals surface area contributed by atoms with Crippen LogP contribution in [0, 0.1) is 23.3 Å². The number of aromatic nitrogens is 1. The molecule has 6 nitrogen and oxygen atoms in total. The molecular formula is C18H12F4N2O4. The molecule has 0 radical (unpaired) electrons. The van der Waals surface area contributed by atoms with Crippen LogP contribution >= 0.6 is 0 Å².